The minimum Gasteiger partial charge on any atom is -0.491 e. The topological polar surface area (TPSA) is 83.8 Å². The number of benzene rings is 2. The van der Waals surface area contributed by atoms with E-state index < -0.39 is 41.3 Å². The van der Waals surface area contributed by atoms with Gasteiger partial charge in [0.15, 0.2) is 0 Å². The molecule has 1 aromatic heterocycles. The van der Waals surface area contributed by atoms with Gasteiger partial charge in [0.2, 0.25) is 5.43 Å². The number of halogens is 5. The van der Waals surface area contributed by atoms with Crippen molar-refractivity contribution in [1.29, 1.82) is 0 Å². The van der Waals surface area contributed by atoms with Gasteiger partial charge in [-0.3, -0.25) is 9.59 Å². The highest BCUT2D eigenvalue weighted by molar-refractivity contribution is 6.31. The van der Waals surface area contributed by atoms with Crippen molar-refractivity contribution in [2.45, 2.75) is 43.6 Å². The highest BCUT2D eigenvalue weighted by Gasteiger charge is 2.40. The molecule has 7 nitrogen and oxygen atoms in total. The van der Waals surface area contributed by atoms with E-state index >= 15 is 0 Å². The Balaban J connectivity index is 1.18. The third-order valence-corrected chi connectivity index (χ3v) is 7.68. The number of aliphatic hydroxyl groups is 1. The summed E-state index contributed by atoms with van der Waals surface area (Å²) in [5, 5.41) is 13.0. The van der Waals surface area contributed by atoms with E-state index in [-0.39, 0.29) is 51.3 Å². The summed E-state index contributed by atoms with van der Waals surface area (Å²) in [4.78, 5) is 28.2. The molecule has 2 fully saturated rings. The monoisotopic (exact) mass is 583 g/mol. The Morgan fingerprint density at radius 3 is 2.49 bits per heavy atom. The van der Waals surface area contributed by atoms with E-state index in [0.29, 0.717) is 32.5 Å². The fourth-order valence-electron chi connectivity index (χ4n) is 4.85. The van der Waals surface area contributed by atoms with Gasteiger partial charge in [0, 0.05) is 49.7 Å². The van der Waals surface area contributed by atoms with Gasteiger partial charge in [-0.05, 0) is 37.1 Å². The maximum atomic E-state index is 14.1. The summed E-state index contributed by atoms with van der Waals surface area (Å²) >= 11 is 11.6. The van der Waals surface area contributed by atoms with Crippen LogP contribution in [0.1, 0.15) is 35.7 Å². The number of ether oxygens (including phenoxy) is 1. The second-order valence-electron chi connectivity index (χ2n) is 9.97. The number of hydrogen-bond donors (Lipinski definition) is 2. The van der Waals surface area contributed by atoms with Crippen molar-refractivity contribution in [3.05, 3.63) is 74.0 Å². The van der Waals surface area contributed by atoms with E-state index in [9.17, 15) is 27.9 Å². The molecule has 2 heterocycles. The van der Waals surface area contributed by atoms with Crippen LogP contribution in [0.25, 0.3) is 10.9 Å². The average Bonchev–Trinajstić information content (AvgIpc) is 3.63. The molecule has 1 amide bonds. The number of aromatic nitrogens is 1. The number of alkyl halides is 1. The quantitative estimate of drug-likeness (QED) is 0.408. The summed E-state index contributed by atoms with van der Waals surface area (Å²) in [7, 11) is 0. The molecule has 3 atom stereocenters. The van der Waals surface area contributed by atoms with Crippen LogP contribution in [0.5, 0.6) is 5.75 Å². The van der Waals surface area contributed by atoms with Crippen LogP contribution < -0.4 is 15.5 Å². The Morgan fingerprint density at radius 2 is 1.82 bits per heavy atom. The Labute approximate surface area is 232 Å². The molecule has 12 heteroatoms. The fourth-order valence-corrected chi connectivity index (χ4v) is 5.13. The second-order valence-corrected chi connectivity index (χ2v) is 10.8. The summed E-state index contributed by atoms with van der Waals surface area (Å²) in [6.07, 6.45) is 0.775. The summed E-state index contributed by atoms with van der Waals surface area (Å²) in [5.41, 5.74) is -0.548. The van der Waals surface area contributed by atoms with Crippen LogP contribution in [0.3, 0.4) is 0 Å². The van der Waals surface area contributed by atoms with Gasteiger partial charge in [-0.15, -0.1) is 0 Å². The van der Waals surface area contributed by atoms with Gasteiger partial charge < -0.3 is 24.6 Å². The SMILES string of the molecule is O=C(NC1CCN(CC(O)COc2ccc(Cl)c(F)c2)CC1)c1cn(C2CC2F)c2cc(Cl)c(F)cc2c1=O. The molecule has 2 aliphatic rings. The molecule has 0 bridgehead atoms. The van der Waals surface area contributed by atoms with E-state index in [2.05, 4.69) is 5.32 Å². The maximum Gasteiger partial charge on any atom is 0.256 e. The zero-order valence-electron chi connectivity index (χ0n) is 20.7. The largest absolute Gasteiger partial charge is 0.491 e. The molecule has 0 spiro atoms. The lowest BCUT2D eigenvalue weighted by molar-refractivity contribution is 0.0567. The third kappa shape index (κ3) is 6.19. The Hall–Kier alpha value is -2.79. The lowest BCUT2D eigenvalue weighted by atomic mass is 10.0. The first-order chi connectivity index (χ1) is 18.6. The molecule has 208 valence electrons. The molecule has 1 aliphatic carbocycles. The number of β-amino-alcohol motifs (C(OH)–C–C–N with tert-alkyl or cyclic N) is 1. The summed E-state index contributed by atoms with van der Waals surface area (Å²) < 4.78 is 48.5. The number of pyridine rings is 1. The number of rotatable bonds is 8. The van der Waals surface area contributed by atoms with Crippen molar-refractivity contribution in [2.75, 3.05) is 26.2 Å². The number of hydrogen-bond acceptors (Lipinski definition) is 5. The number of fused-ring (bicyclic) bond motifs is 1. The number of carbonyl (C=O) groups excluding carboxylic acids is 1. The Kier molecular flexibility index (Phi) is 8.09. The van der Waals surface area contributed by atoms with Crippen molar-refractivity contribution in [3.63, 3.8) is 0 Å². The van der Waals surface area contributed by atoms with Crippen LogP contribution in [-0.4, -0.2) is 65.0 Å². The summed E-state index contributed by atoms with van der Waals surface area (Å²) in [6.45, 7) is 1.45. The first kappa shape index (κ1) is 27.8. The minimum absolute atomic E-state index is 0.0146. The number of aliphatic hydroxyl groups excluding tert-OH is 1. The van der Waals surface area contributed by atoms with Crippen molar-refractivity contribution >= 4 is 40.0 Å². The normalized spacial score (nSPS) is 20.7. The van der Waals surface area contributed by atoms with Crippen LogP contribution in [0, 0.1) is 11.6 Å². The van der Waals surface area contributed by atoms with Crippen molar-refractivity contribution in [2.24, 2.45) is 0 Å². The number of nitrogens with zero attached hydrogens (tertiary/aromatic N) is 2. The first-order valence-electron chi connectivity index (χ1n) is 12.6. The Morgan fingerprint density at radius 1 is 1.13 bits per heavy atom. The van der Waals surface area contributed by atoms with E-state index in [1.54, 1.807) is 0 Å². The number of likely N-dealkylation sites (tertiary alicyclic amines) is 1. The molecule has 0 radical (unpaired) electrons. The van der Waals surface area contributed by atoms with Crippen LogP contribution in [0.2, 0.25) is 10.0 Å². The molecule has 1 aliphatic heterocycles. The number of nitrogens with one attached hydrogen (secondary N) is 1. The molecule has 2 N–H and O–H groups in total. The number of amides is 1. The summed E-state index contributed by atoms with van der Waals surface area (Å²) in [5.74, 6) is -1.74. The molecule has 1 saturated heterocycles. The van der Waals surface area contributed by atoms with E-state index in [0.717, 1.165) is 12.1 Å². The van der Waals surface area contributed by atoms with Crippen LogP contribution in [0.4, 0.5) is 13.2 Å². The van der Waals surface area contributed by atoms with Gasteiger partial charge in [-0.25, -0.2) is 13.2 Å². The number of carbonyl (C=O) groups is 1. The molecular weight excluding hydrogens is 558 g/mol. The first-order valence-corrected chi connectivity index (χ1v) is 13.3. The van der Waals surface area contributed by atoms with Gasteiger partial charge in [0.25, 0.3) is 5.91 Å². The highest BCUT2D eigenvalue weighted by Crippen LogP contribution is 2.41. The lowest BCUT2D eigenvalue weighted by Crippen LogP contribution is -2.47. The maximum absolute atomic E-state index is 14.1. The van der Waals surface area contributed by atoms with E-state index in [1.807, 2.05) is 4.90 Å². The highest BCUT2D eigenvalue weighted by atomic mass is 35.5. The van der Waals surface area contributed by atoms with Gasteiger partial charge in [0.1, 0.15) is 41.8 Å². The average molecular weight is 584 g/mol. The predicted octanol–water partition coefficient (Wildman–Crippen LogP) is 4.50. The lowest BCUT2D eigenvalue weighted by Gasteiger charge is -2.33. The number of piperidine rings is 1. The predicted molar refractivity (Wildman–Crippen MR) is 142 cm³/mol. The molecular formula is C27H26Cl2F3N3O4. The molecule has 3 unspecified atom stereocenters. The zero-order chi connectivity index (χ0) is 27.8. The summed E-state index contributed by atoms with van der Waals surface area (Å²) in [6, 6.07) is 5.55. The fraction of sp³-hybridized carbons (Fsp3) is 0.407. The van der Waals surface area contributed by atoms with Gasteiger partial charge in [-0.1, -0.05) is 23.2 Å². The smallest absolute Gasteiger partial charge is 0.256 e. The van der Waals surface area contributed by atoms with E-state index in [1.165, 1.54) is 29.0 Å². The zero-order valence-corrected chi connectivity index (χ0v) is 22.2. The van der Waals surface area contributed by atoms with Crippen molar-refractivity contribution in [3.8, 4) is 5.75 Å². The second kappa shape index (κ2) is 11.4. The van der Waals surface area contributed by atoms with Gasteiger partial charge in [0.05, 0.1) is 21.6 Å². The van der Waals surface area contributed by atoms with E-state index in [4.69, 9.17) is 27.9 Å². The standard InChI is InChI=1S/C27H26Cl2F3N3O4/c28-19-2-1-16(7-21(19)30)39-13-15(36)11-34-5-3-14(4-6-34)33-27(38)18-12-35(25-10-23(25)32)24-9-20(29)22(31)8-17(24)26(18)37/h1-2,7-9,12,14-15,23,25,36H,3-6,10-11,13H2,(H,33,38). The van der Waals surface area contributed by atoms with Crippen LogP contribution in [-0.2, 0) is 0 Å². The molecule has 1 saturated carbocycles. The third-order valence-electron chi connectivity index (χ3n) is 7.08. The molecule has 2 aromatic carbocycles. The molecule has 3 aromatic rings. The van der Waals surface area contributed by atoms with Gasteiger partial charge in [-0.2, -0.15) is 0 Å². The minimum atomic E-state index is -1.12. The van der Waals surface area contributed by atoms with Crippen LogP contribution in [0.15, 0.2) is 41.3 Å². The van der Waals surface area contributed by atoms with Crippen LogP contribution >= 0.6 is 23.2 Å². The van der Waals surface area contributed by atoms with Gasteiger partial charge >= 0.3 is 0 Å². The molecule has 5 rings (SSSR count). The van der Waals surface area contributed by atoms with Crippen molar-refractivity contribution in [1.82, 2.24) is 14.8 Å². The Bertz CT molecular complexity index is 1460. The molecule has 39 heavy (non-hydrogen) atoms. The van der Waals surface area contributed by atoms with Crippen molar-refractivity contribution < 1.29 is 27.8 Å².